The molecule has 0 bridgehead atoms. The van der Waals surface area contributed by atoms with Crippen LogP contribution in [0.2, 0.25) is 0 Å². The first-order valence-electron chi connectivity index (χ1n) is 21.9. The molecule has 0 saturated heterocycles. The highest BCUT2D eigenvalue weighted by atomic mass is 79.9. The van der Waals surface area contributed by atoms with Crippen molar-refractivity contribution in [1.82, 2.24) is 29.9 Å². The van der Waals surface area contributed by atoms with E-state index in [-0.39, 0.29) is 16.6 Å². The molecule has 14 heteroatoms. The van der Waals surface area contributed by atoms with Crippen molar-refractivity contribution >= 4 is 91.8 Å². The van der Waals surface area contributed by atoms with Gasteiger partial charge in [-0.2, -0.15) is 0 Å². The van der Waals surface area contributed by atoms with Gasteiger partial charge < -0.3 is 10.0 Å². The number of aromatic nitrogens is 6. The summed E-state index contributed by atoms with van der Waals surface area (Å²) in [5.74, 6) is 2.63. The van der Waals surface area contributed by atoms with E-state index in [9.17, 15) is 19.6 Å². The van der Waals surface area contributed by atoms with E-state index in [0.717, 1.165) is 67.2 Å². The molecule has 0 fully saturated rings. The number of rotatable bonds is 6. The molecule has 0 saturated carbocycles. The van der Waals surface area contributed by atoms with Gasteiger partial charge in [0.15, 0.2) is 45.7 Å². The molecule has 4 heterocycles. The molecule has 336 valence electrons. The van der Waals surface area contributed by atoms with Crippen LogP contribution in [-0.2, 0) is 0 Å². The monoisotopic (exact) mass is 1010 g/mol. The maximum Gasteiger partial charge on any atom is 0.528 e. The molecule has 8 aromatic carbocycles. The van der Waals surface area contributed by atoms with Crippen molar-refractivity contribution in [3.8, 4) is 56.9 Å². The summed E-state index contributed by atoms with van der Waals surface area (Å²) in [6.07, 6.45) is 0. The Morgan fingerprint density at radius 2 is 0.671 bits per heavy atom. The fourth-order valence-electron chi connectivity index (χ4n) is 7.59. The van der Waals surface area contributed by atoms with Gasteiger partial charge in [0, 0.05) is 72.6 Å². The van der Waals surface area contributed by atoms with Crippen molar-refractivity contribution in [3.63, 3.8) is 0 Å². The van der Waals surface area contributed by atoms with Gasteiger partial charge in [-0.05, 0) is 54.6 Å². The molecule has 2 N–H and O–H groups in total. The molecule has 0 amide bonds. The molecule has 0 spiro atoms. The maximum absolute atomic E-state index is 13.0. The summed E-state index contributed by atoms with van der Waals surface area (Å²) in [7, 11) is -1.74. The average Bonchev–Trinajstić information content (AvgIpc) is 3.42. The normalized spacial score (nSPS) is 10.9. The lowest BCUT2D eigenvalue weighted by Gasteiger charge is -2.09. The van der Waals surface area contributed by atoms with Crippen LogP contribution in [0.5, 0.6) is 0 Å². The van der Waals surface area contributed by atoms with Crippen molar-refractivity contribution < 1.29 is 10.0 Å². The van der Waals surface area contributed by atoms with Crippen LogP contribution in [0.3, 0.4) is 0 Å². The molecule has 12 aromatic rings. The van der Waals surface area contributed by atoms with Crippen LogP contribution >= 0.6 is 38.6 Å². The Morgan fingerprint density at radius 1 is 0.343 bits per heavy atom. The topological polar surface area (TPSA) is 152 Å². The lowest BCUT2D eigenvalue weighted by molar-refractivity contribution is 0.422. The summed E-state index contributed by atoms with van der Waals surface area (Å²) in [6.45, 7) is 0. The molecule has 0 aliphatic heterocycles. The van der Waals surface area contributed by atoms with Crippen LogP contribution in [0.4, 0.5) is 0 Å². The first kappa shape index (κ1) is 45.8. The Labute approximate surface area is 417 Å². The van der Waals surface area contributed by atoms with Crippen molar-refractivity contribution in [2.45, 2.75) is 0 Å². The molecule has 12 rings (SSSR count). The van der Waals surface area contributed by atoms with Gasteiger partial charge in [-0.15, -0.1) is 22.7 Å². The number of halogens is 1. The molecule has 4 aromatic heterocycles. The minimum Gasteiger partial charge on any atom is -0.421 e. The third kappa shape index (κ3) is 10.1. The quantitative estimate of drug-likeness (QED) is 0.122. The number of hydrogen-bond donors (Lipinski definition) is 2. The maximum atomic E-state index is 13.0. The molecule has 10 nitrogen and oxygen atoms in total. The van der Waals surface area contributed by atoms with E-state index in [4.69, 9.17) is 15.0 Å². The third-order valence-electron chi connectivity index (χ3n) is 11.0. The SMILES string of the molecule is O=c1c2ccccc2sc2cc(-c3nc(-c4ccccc4)nc(-c4ccccc4)n3)ccc12.O=c1c2ccccc2sc2cc(Br)ccc12.OB(O)c1nc(-c2ccccc2)nc(-c2ccccc2)n1. The highest BCUT2D eigenvalue weighted by Gasteiger charge is 2.20. The van der Waals surface area contributed by atoms with Crippen molar-refractivity contribution in [2.24, 2.45) is 0 Å². The van der Waals surface area contributed by atoms with Gasteiger partial charge in [0.2, 0.25) is 0 Å². The molecular weight excluding hydrogens is 976 g/mol. The number of nitrogens with zero attached hydrogens (tertiary/aromatic N) is 6. The highest BCUT2D eigenvalue weighted by molar-refractivity contribution is 9.10. The van der Waals surface area contributed by atoms with Crippen LogP contribution < -0.4 is 16.6 Å². The minimum atomic E-state index is -1.74. The molecule has 0 aliphatic rings. The average molecular weight is 1010 g/mol. The summed E-state index contributed by atoms with van der Waals surface area (Å²) in [5, 5.41) is 21.8. The van der Waals surface area contributed by atoms with Crippen LogP contribution in [0.1, 0.15) is 0 Å². The van der Waals surface area contributed by atoms with Crippen molar-refractivity contribution in [3.05, 3.63) is 231 Å². The molecule has 0 radical (unpaired) electrons. The fraction of sp³-hybridized carbons (Fsp3) is 0. The Morgan fingerprint density at radius 3 is 1.09 bits per heavy atom. The van der Waals surface area contributed by atoms with Gasteiger partial charge in [-0.1, -0.05) is 168 Å². The summed E-state index contributed by atoms with van der Waals surface area (Å²) in [4.78, 5) is 52.1. The second-order valence-electron chi connectivity index (χ2n) is 15.7. The molecule has 0 unspecified atom stereocenters. The Bertz CT molecular complexity index is 3830. The van der Waals surface area contributed by atoms with Gasteiger partial charge in [0.1, 0.15) is 0 Å². The predicted molar refractivity (Wildman–Crippen MR) is 289 cm³/mol. The third-order valence-corrected chi connectivity index (χ3v) is 13.8. The first-order chi connectivity index (χ1) is 34.3. The summed E-state index contributed by atoms with van der Waals surface area (Å²) >= 11 is 6.68. The van der Waals surface area contributed by atoms with E-state index in [1.54, 1.807) is 22.7 Å². The lowest BCUT2D eigenvalue weighted by Crippen LogP contribution is -2.36. The standard InChI is InChI=1S/C28H17N3OS.C15H12BN3O2.C13H7BrOS/c32-25-21-13-7-8-14-23(21)33-24-17-20(15-16-22(24)25)28-30-26(18-9-3-1-4-10-18)29-27(31-28)19-11-5-2-6-12-19;20-16(21)15-18-13(11-7-3-1-4-8-11)17-14(19-15)12-9-5-2-6-10-12;14-8-5-6-10-12(7-8)16-11-4-2-1-3-9(11)13(10)15/h1-17H;1-10,20-21H;1-7H. The zero-order valence-electron chi connectivity index (χ0n) is 36.8. The van der Waals surface area contributed by atoms with E-state index in [1.807, 2.05) is 206 Å². The lowest BCUT2D eigenvalue weighted by atomic mass is 9.90. The van der Waals surface area contributed by atoms with Crippen LogP contribution in [-0.4, -0.2) is 47.1 Å². The van der Waals surface area contributed by atoms with Gasteiger partial charge in [-0.25, -0.2) is 29.9 Å². The summed E-state index contributed by atoms with van der Waals surface area (Å²) in [5.41, 5.74) is 4.39. The summed E-state index contributed by atoms with van der Waals surface area (Å²) < 4.78 is 4.96. The Kier molecular flexibility index (Phi) is 13.6. The van der Waals surface area contributed by atoms with E-state index in [2.05, 4.69) is 30.9 Å². The van der Waals surface area contributed by atoms with E-state index >= 15 is 0 Å². The first-order valence-corrected chi connectivity index (χ1v) is 24.4. The van der Waals surface area contributed by atoms with Crippen LogP contribution in [0.25, 0.3) is 97.3 Å². The van der Waals surface area contributed by atoms with E-state index in [0.29, 0.717) is 34.5 Å². The minimum absolute atomic E-state index is 0.0523. The molecule has 0 atom stereocenters. The van der Waals surface area contributed by atoms with Crippen LogP contribution in [0, 0.1) is 0 Å². The van der Waals surface area contributed by atoms with Gasteiger partial charge in [0.05, 0.1) is 0 Å². The van der Waals surface area contributed by atoms with Gasteiger partial charge >= 0.3 is 7.12 Å². The highest BCUT2D eigenvalue weighted by Crippen LogP contribution is 2.31. The molecular formula is C56H36BBrN6O4S2. The van der Waals surface area contributed by atoms with Crippen LogP contribution in [0.15, 0.2) is 220 Å². The smallest absolute Gasteiger partial charge is 0.421 e. The largest absolute Gasteiger partial charge is 0.528 e. The zero-order chi connectivity index (χ0) is 48.0. The second kappa shape index (κ2) is 20.7. The number of fused-ring (bicyclic) bond motifs is 4. The molecule has 0 aliphatic carbocycles. The zero-order valence-corrected chi connectivity index (χ0v) is 40.0. The number of hydrogen-bond acceptors (Lipinski definition) is 12. The fourth-order valence-corrected chi connectivity index (χ4v) is 10.3. The second-order valence-corrected chi connectivity index (χ2v) is 18.8. The van der Waals surface area contributed by atoms with Gasteiger partial charge in [0.25, 0.3) is 0 Å². The molecule has 70 heavy (non-hydrogen) atoms. The summed E-state index contributed by atoms with van der Waals surface area (Å²) in [6, 6.07) is 65.6. The Balaban J connectivity index is 0.000000131. The Hall–Kier alpha value is -7.98. The van der Waals surface area contributed by atoms with Gasteiger partial charge in [-0.3, -0.25) is 9.59 Å². The number of benzene rings is 8. The van der Waals surface area contributed by atoms with E-state index in [1.165, 1.54) is 0 Å². The van der Waals surface area contributed by atoms with E-state index < -0.39 is 7.12 Å². The van der Waals surface area contributed by atoms with Crippen molar-refractivity contribution in [2.75, 3.05) is 0 Å². The van der Waals surface area contributed by atoms with Crippen molar-refractivity contribution in [1.29, 1.82) is 0 Å². The predicted octanol–water partition coefficient (Wildman–Crippen LogP) is 11.7.